The number of thiophene rings is 1. The molecule has 0 fully saturated rings. The highest BCUT2D eigenvalue weighted by Crippen LogP contribution is 2.24. The van der Waals surface area contributed by atoms with E-state index in [-0.39, 0.29) is 10.6 Å². The molecule has 0 aliphatic heterocycles. The monoisotopic (exact) mass is 326 g/mol. The minimum Gasteiger partial charge on any atom is -0.380 e. The summed E-state index contributed by atoms with van der Waals surface area (Å²) in [5.74, 6) is 0. The fraction of sp³-hybridized carbons (Fsp3) is 0.167. The van der Waals surface area contributed by atoms with Crippen molar-refractivity contribution in [3.63, 3.8) is 0 Å². The van der Waals surface area contributed by atoms with Crippen LogP contribution < -0.4 is 5.32 Å². The average Bonchev–Trinajstić information content (AvgIpc) is 2.72. The van der Waals surface area contributed by atoms with Crippen LogP contribution >= 0.6 is 27.3 Å². The SMILES string of the molecule is Cc1cc(NCc2ccc(Br)s2)cc([N+](=O)[O-])c1. The fourth-order valence-electron chi connectivity index (χ4n) is 1.61. The minimum absolute atomic E-state index is 0.116. The Morgan fingerprint density at radius 1 is 1.39 bits per heavy atom. The molecule has 0 aliphatic rings. The lowest BCUT2D eigenvalue weighted by atomic mass is 10.2. The first-order valence-electron chi connectivity index (χ1n) is 5.29. The van der Waals surface area contributed by atoms with Crippen molar-refractivity contribution in [3.8, 4) is 0 Å². The number of halogens is 1. The van der Waals surface area contributed by atoms with Crippen LogP contribution in [0.2, 0.25) is 0 Å². The van der Waals surface area contributed by atoms with Crippen LogP contribution in [0, 0.1) is 17.0 Å². The van der Waals surface area contributed by atoms with Crippen molar-refractivity contribution >= 4 is 38.6 Å². The van der Waals surface area contributed by atoms with Gasteiger partial charge in [0.25, 0.3) is 5.69 Å². The summed E-state index contributed by atoms with van der Waals surface area (Å²) in [7, 11) is 0. The van der Waals surface area contributed by atoms with Gasteiger partial charge in [0.15, 0.2) is 0 Å². The third kappa shape index (κ3) is 3.30. The minimum atomic E-state index is -0.375. The second kappa shape index (κ2) is 5.49. The van der Waals surface area contributed by atoms with Gasteiger partial charge in [-0.1, -0.05) is 0 Å². The number of nitro groups is 1. The van der Waals surface area contributed by atoms with Crippen LogP contribution in [0.25, 0.3) is 0 Å². The predicted octanol–water partition coefficient (Wildman–Crippen LogP) is 4.34. The molecular formula is C12H11BrN2O2S. The molecule has 0 atom stereocenters. The molecule has 0 aliphatic carbocycles. The lowest BCUT2D eigenvalue weighted by Crippen LogP contribution is -1.99. The van der Waals surface area contributed by atoms with Gasteiger partial charge in [-0.3, -0.25) is 10.1 Å². The molecule has 1 heterocycles. The highest BCUT2D eigenvalue weighted by atomic mass is 79.9. The smallest absolute Gasteiger partial charge is 0.271 e. The fourth-order valence-corrected chi connectivity index (χ4v) is 3.03. The van der Waals surface area contributed by atoms with Crippen molar-refractivity contribution in [1.29, 1.82) is 0 Å². The van der Waals surface area contributed by atoms with Crippen molar-refractivity contribution < 1.29 is 4.92 Å². The van der Waals surface area contributed by atoms with Crippen LogP contribution in [-0.2, 0) is 6.54 Å². The number of nitrogens with one attached hydrogen (secondary N) is 1. The highest BCUT2D eigenvalue weighted by molar-refractivity contribution is 9.11. The molecule has 4 nitrogen and oxygen atoms in total. The van der Waals surface area contributed by atoms with Crippen LogP contribution in [0.5, 0.6) is 0 Å². The van der Waals surface area contributed by atoms with Crippen LogP contribution in [0.3, 0.4) is 0 Å². The molecule has 0 saturated heterocycles. The average molecular weight is 327 g/mol. The maximum atomic E-state index is 10.8. The normalized spacial score (nSPS) is 10.3. The van der Waals surface area contributed by atoms with Gasteiger partial charge in [0.1, 0.15) is 0 Å². The van der Waals surface area contributed by atoms with Gasteiger partial charge >= 0.3 is 0 Å². The Labute approximate surface area is 117 Å². The number of non-ortho nitro benzene ring substituents is 1. The Morgan fingerprint density at radius 3 is 2.78 bits per heavy atom. The summed E-state index contributed by atoms with van der Waals surface area (Å²) >= 11 is 5.04. The molecule has 0 spiro atoms. The Balaban J connectivity index is 2.11. The summed E-state index contributed by atoms with van der Waals surface area (Å²) < 4.78 is 1.08. The lowest BCUT2D eigenvalue weighted by Gasteiger charge is -2.05. The third-order valence-corrected chi connectivity index (χ3v) is 3.99. The second-order valence-electron chi connectivity index (χ2n) is 3.87. The number of rotatable bonds is 4. The summed E-state index contributed by atoms with van der Waals surface area (Å²) in [6.45, 7) is 2.51. The molecule has 0 amide bonds. The van der Waals surface area contributed by atoms with E-state index in [0.717, 1.165) is 15.0 Å². The van der Waals surface area contributed by atoms with Gasteiger partial charge in [-0.15, -0.1) is 11.3 Å². The van der Waals surface area contributed by atoms with Crippen molar-refractivity contribution in [2.45, 2.75) is 13.5 Å². The molecule has 1 aromatic carbocycles. The van der Waals surface area contributed by atoms with E-state index in [1.807, 2.05) is 25.1 Å². The maximum absolute atomic E-state index is 10.8. The molecule has 94 valence electrons. The van der Waals surface area contributed by atoms with Gasteiger partial charge in [-0.25, -0.2) is 0 Å². The largest absolute Gasteiger partial charge is 0.380 e. The molecule has 1 aromatic heterocycles. The zero-order chi connectivity index (χ0) is 13.1. The molecule has 0 radical (unpaired) electrons. The Hall–Kier alpha value is -1.40. The van der Waals surface area contributed by atoms with Crippen LogP contribution in [0.4, 0.5) is 11.4 Å². The van der Waals surface area contributed by atoms with E-state index in [2.05, 4.69) is 21.2 Å². The van der Waals surface area contributed by atoms with Crippen molar-refractivity contribution in [1.82, 2.24) is 0 Å². The zero-order valence-corrected chi connectivity index (χ0v) is 12.0. The number of aryl methyl sites for hydroxylation is 1. The van der Waals surface area contributed by atoms with Gasteiger partial charge in [0.2, 0.25) is 0 Å². The first kappa shape index (κ1) is 13.0. The number of hydrogen-bond donors (Lipinski definition) is 1. The predicted molar refractivity (Wildman–Crippen MR) is 77.2 cm³/mol. The van der Waals surface area contributed by atoms with Gasteiger partial charge in [0.05, 0.1) is 8.71 Å². The number of nitrogens with zero attached hydrogens (tertiary/aromatic N) is 1. The van der Waals surface area contributed by atoms with Gasteiger partial charge in [-0.05, 0) is 46.6 Å². The first-order chi connectivity index (χ1) is 8.54. The summed E-state index contributed by atoms with van der Waals surface area (Å²) in [6.07, 6.45) is 0. The third-order valence-electron chi connectivity index (χ3n) is 2.37. The molecule has 2 rings (SSSR count). The number of anilines is 1. The quantitative estimate of drug-likeness (QED) is 0.671. The van der Waals surface area contributed by atoms with Gasteiger partial charge in [-0.2, -0.15) is 0 Å². The molecular weight excluding hydrogens is 316 g/mol. The number of hydrogen-bond acceptors (Lipinski definition) is 4. The first-order valence-corrected chi connectivity index (χ1v) is 6.90. The highest BCUT2D eigenvalue weighted by Gasteiger charge is 2.08. The Morgan fingerprint density at radius 2 is 2.17 bits per heavy atom. The van der Waals surface area contributed by atoms with Crippen molar-refractivity contribution in [2.24, 2.45) is 0 Å². The lowest BCUT2D eigenvalue weighted by molar-refractivity contribution is -0.384. The van der Waals surface area contributed by atoms with Crippen molar-refractivity contribution in [3.05, 3.63) is 54.7 Å². The number of nitro benzene ring substituents is 1. The van der Waals surface area contributed by atoms with Crippen molar-refractivity contribution in [2.75, 3.05) is 5.32 Å². The van der Waals surface area contributed by atoms with E-state index in [1.165, 1.54) is 4.88 Å². The Kier molecular flexibility index (Phi) is 3.98. The summed E-state index contributed by atoms with van der Waals surface area (Å²) in [5.41, 5.74) is 1.76. The Bertz CT molecular complexity index is 583. The van der Waals surface area contributed by atoms with E-state index in [9.17, 15) is 10.1 Å². The molecule has 6 heteroatoms. The van der Waals surface area contributed by atoms with E-state index in [4.69, 9.17) is 0 Å². The summed E-state index contributed by atoms with van der Waals surface area (Å²) in [4.78, 5) is 11.6. The van der Waals surface area contributed by atoms with Gasteiger partial charge in [0, 0.05) is 29.2 Å². The van der Waals surface area contributed by atoms with E-state index >= 15 is 0 Å². The molecule has 18 heavy (non-hydrogen) atoms. The molecule has 2 aromatic rings. The van der Waals surface area contributed by atoms with Gasteiger partial charge < -0.3 is 5.32 Å². The van der Waals surface area contributed by atoms with E-state index in [1.54, 1.807) is 23.5 Å². The molecule has 0 saturated carbocycles. The molecule has 0 bridgehead atoms. The van der Waals surface area contributed by atoms with Crippen LogP contribution in [0.1, 0.15) is 10.4 Å². The van der Waals surface area contributed by atoms with Crippen LogP contribution in [0.15, 0.2) is 34.1 Å². The standard InChI is InChI=1S/C12H11BrN2O2S/c1-8-4-9(6-10(5-8)15(16)17)14-7-11-2-3-12(13)18-11/h2-6,14H,7H2,1H3. The summed E-state index contributed by atoms with van der Waals surface area (Å²) in [6, 6.07) is 9.02. The molecule has 0 unspecified atom stereocenters. The summed E-state index contributed by atoms with van der Waals surface area (Å²) in [5, 5.41) is 14.0. The topological polar surface area (TPSA) is 55.2 Å². The van der Waals surface area contributed by atoms with E-state index < -0.39 is 0 Å². The van der Waals surface area contributed by atoms with E-state index in [0.29, 0.717) is 6.54 Å². The second-order valence-corrected chi connectivity index (χ2v) is 6.42. The van der Waals surface area contributed by atoms with Crippen LogP contribution in [-0.4, -0.2) is 4.92 Å². The number of benzene rings is 1. The molecule has 1 N–H and O–H groups in total. The zero-order valence-electron chi connectivity index (χ0n) is 9.64. The maximum Gasteiger partial charge on any atom is 0.271 e.